The molecule has 1 aromatic carbocycles. The van der Waals surface area contributed by atoms with Crippen molar-refractivity contribution < 1.29 is 13.6 Å². The zero-order chi connectivity index (χ0) is 16.9. The maximum atomic E-state index is 13.7. The minimum Gasteiger partial charge on any atom is -0.304 e. The quantitative estimate of drug-likeness (QED) is 0.639. The smallest absolute Gasteiger partial charge is 0.304 e. The summed E-state index contributed by atoms with van der Waals surface area (Å²) in [5.74, 6) is -0.325. The van der Waals surface area contributed by atoms with Gasteiger partial charge in [-0.25, -0.2) is 0 Å². The highest BCUT2D eigenvalue weighted by molar-refractivity contribution is 7.54. The van der Waals surface area contributed by atoms with E-state index in [0.29, 0.717) is 0 Å². The topological polar surface area (TPSA) is 38.8 Å². The minimum absolute atomic E-state index is 0.143. The summed E-state index contributed by atoms with van der Waals surface area (Å²) in [6.45, 7) is 9.52. The van der Waals surface area contributed by atoms with Crippen LogP contribution in [-0.2, 0) is 13.6 Å². The van der Waals surface area contributed by atoms with Crippen LogP contribution in [0.2, 0.25) is 0 Å². The first-order valence-corrected chi connectivity index (χ1v) is 10.3. The molecular formula is C18H30NO3P. The Morgan fingerprint density at radius 3 is 1.91 bits per heavy atom. The summed E-state index contributed by atoms with van der Waals surface area (Å²) < 4.78 is 25.6. The number of likely N-dealkylation sites (tertiary alicyclic amines) is 1. The first kappa shape index (κ1) is 18.7. The molecule has 0 N–H and O–H groups in total. The van der Waals surface area contributed by atoms with Crippen LogP contribution in [0, 0.1) is 0 Å². The molecule has 1 atom stereocenters. The Balaban J connectivity index is 2.41. The molecular weight excluding hydrogens is 309 g/mol. The highest BCUT2D eigenvalue weighted by atomic mass is 31.2. The molecule has 0 bridgehead atoms. The molecule has 23 heavy (non-hydrogen) atoms. The van der Waals surface area contributed by atoms with Crippen molar-refractivity contribution in [2.75, 3.05) is 13.1 Å². The lowest BCUT2D eigenvalue weighted by Crippen LogP contribution is -2.35. The monoisotopic (exact) mass is 339 g/mol. The molecule has 1 aliphatic heterocycles. The highest BCUT2D eigenvalue weighted by Gasteiger charge is 2.43. The molecule has 1 heterocycles. The van der Waals surface area contributed by atoms with Crippen molar-refractivity contribution in [1.29, 1.82) is 0 Å². The van der Waals surface area contributed by atoms with Gasteiger partial charge >= 0.3 is 7.60 Å². The van der Waals surface area contributed by atoms with Gasteiger partial charge in [-0.2, -0.15) is 0 Å². The lowest BCUT2D eigenvalue weighted by atomic mass is 10.1. The summed E-state index contributed by atoms with van der Waals surface area (Å²) in [6.07, 6.45) is 3.21. The van der Waals surface area contributed by atoms with E-state index in [1.807, 2.05) is 58.0 Å². The summed E-state index contributed by atoms with van der Waals surface area (Å²) in [6, 6.07) is 10.0. The summed E-state index contributed by atoms with van der Waals surface area (Å²) >= 11 is 0. The molecule has 1 aliphatic rings. The van der Waals surface area contributed by atoms with Crippen LogP contribution < -0.4 is 0 Å². The molecule has 2 rings (SSSR count). The van der Waals surface area contributed by atoms with Gasteiger partial charge in [0.25, 0.3) is 0 Å². The van der Waals surface area contributed by atoms with Crippen molar-refractivity contribution in [1.82, 2.24) is 4.90 Å². The number of nitrogens with zero attached hydrogens (tertiary/aromatic N) is 1. The predicted molar refractivity (Wildman–Crippen MR) is 94.7 cm³/mol. The number of rotatable bonds is 7. The molecule has 1 fully saturated rings. The van der Waals surface area contributed by atoms with E-state index in [9.17, 15) is 4.57 Å². The highest BCUT2D eigenvalue weighted by Crippen LogP contribution is 2.63. The van der Waals surface area contributed by atoms with Crippen LogP contribution in [0.3, 0.4) is 0 Å². The van der Waals surface area contributed by atoms with Crippen LogP contribution in [0.1, 0.15) is 58.3 Å². The van der Waals surface area contributed by atoms with Crippen LogP contribution in [0.4, 0.5) is 0 Å². The maximum absolute atomic E-state index is 13.7. The van der Waals surface area contributed by atoms with Gasteiger partial charge in [0.2, 0.25) is 0 Å². The molecule has 5 heteroatoms. The van der Waals surface area contributed by atoms with E-state index in [-0.39, 0.29) is 18.0 Å². The van der Waals surface area contributed by atoms with Gasteiger partial charge in [-0.15, -0.1) is 0 Å². The fraction of sp³-hybridized carbons (Fsp3) is 0.667. The summed E-state index contributed by atoms with van der Waals surface area (Å²) in [5, 5.41) is 0. The third-order valence-electron chi connectivity index (χ3n) is 3.85. The Labute approximate surface area is 140 Å². The van der Waals surface area contributed by atoms with E-state index in [1.54, 1.807) is 0 Å². The number of hydrogen-bond donors (Lipinski definition) is 0. The molecule has 0 aliphatic carbocycles. The molecule has 1 saturated heterocycles. The first-order chi connectivity index (χ1) is 10.9. The molecule has 1 aromatic rings. The fourth-order valence-electron chi connectivity index (χ4n) is 3.11. The van der Waals surface area contributed by atoms with Gasteiger partial charge in [0.05, 0.1) is 12.2 Å². The lowest BCUT2D eigenvalue weighted by molar-refractivity contribution is 0.104. The summed E-state index contributed by atoms with van der Waals surface area (Å²) in [5.41, 5.74) is 1.01. The predicted octanol–water partition coefficient (Wildman–Crippen LogP) is 5.21. The van der Waals surface area contributed by atoms with Gasteiger partial charge < -0.3 is 9.05 Å². The van der Waals surface area contributed by atoms with Crippen molar-refractivity contribution in [2.24, 2.45) is 0 Å². The second kappa shape index (κ2) is 8.43. The van der Waals surface area contributed by atoms with E-state index in [0.717, 1.165) is 31.5 Å². The number of piperidine rings is 1. The van der Waals surface area contributed by atoms with E-state index >= 15 is 0 Å². The van der Waals surface area contributed by atoms with Crippen LogP contribution in [0.15, 0.2) is 30.3 Å². The molecule has 0 radical (unpaired) electrons. The zero-order valence-corrected chi connectivity index (χ0v) is 15.7. The van der Waals surface area contributed by atoms with Crippen molar-refractivity contribution in [3.8, 4) is 0 Å². The second-order valence-electron chi connectivity index (χ2n) is 6.73. The Morgan fingerprint density at radius 1 is 0.913 bits per heavy atom. The second-order valence-corrected chi connectivity index (χ2v) is 8.72. The number of benzene rings is 1. The first-order valence-electron chi connectivity index (χ1n) is 8.68. The third-order valence-corrected chi connectivity index (χ3v) is 6.50. The zero-order valence-electron chi connectivity index (χ0n) is 14.8. The molecule has 0 saturated carbocycles. The van der Waals surface area contributed by atoms with Crippen LogP contribution in [0.5, 0.6) is 0 Å². The van der Waals surface area contributed by atoms with Gasteiger partial charge in [-0.3, -0.25) is 9.46 Å². The van der Waals surface area contributed by atoms with Gasteiger partial charge in [0, 0.05) is 0 Å². The van der Waals surface area contributed by atoms with E-state index in [2.05, 4.69) is 4.90 Å². The van der Waals surface area contributed by atoms with Crippen LogP contribution >= 0.6 is 7.60 Å². The van der Waals surface area contributed by atoms with Crippen LogP contribution in [0.25, 0.3) is 0 Å². The molecule has 0 spiro atoms. The average molecular weight is 339 g/mol. The van der Waals surface area contributed by atoms with Crippen molar-refractivity contribution in [2.45, 2.75) is 64.9 Å². The Morgan fingerprint density at radius 2 is 1.43 bits per heavy atom. The van der Waals surface area contributed by atoms with E-state index < -0.39 is 7.60 Å². The average Bonchev–Trinajstić information content (AvgIpc) is 2.47. The molecule has 0 amide bonds. The number of hydrogen-bond acceptors (Lipinski definition) is 4. The normalized spacial score (nSPS) is 18.5. The largest absolute Gasteiger partial charge is 0.352 e. The van der Waals surface area contributed by atoms with Gasteiger partial charge in [0.15, 0.2) is 0 Å². The Hall–Kier alpha value is -0.670. The summed E-state index contributed by atoms with van der Waals surface area (Å²) in [7, 11) is -3.31. The molecule has 130 valence electrons. The third kappa shape index (κ3) is 5.15. The van der Waals surface area contributed by atoms with Crippen LogP contribution in [-0.4, -0.2) is 30.2 Å². The Bertz CT molecular complexity index is 498. The lowest BCUT2D eigenvalue weighted by Gasteiger charge is -2.39. The SMILES string of the molecule is CC(C)OP(=O)(OC(C)C)C(c1ccccc1)N1CCCCC1. The van der Waals surface area contributed by atoms with Gasteiger partial charge in [0.1, 0.15) is 5.78 Å². The van der Waals surface area contributed by atoms with Crippen molar-refractivity contribution >= 4 is 7.60 Å². The standard InChI is InChI=1S/C18H30NO3P/c1-15(2)21-23(20,22-16(3)4)18(17-11-7-5-8-12-17)19-13-9-6-10-14-19/h5,7-8,11-12,15-16,18H,6,9-10,13-14H2,1-4H3. The maximum Gasteiger partial charge on any atom is 0.352 e. The van der Waals surface area contributed by atoms with E-state index in [1.165, 1.54) is 6.42 Å². The summed E-state index contributed by atoms with van der Waals surface area (Å²) in [4.78, 5) is 2.28. The van der Waals surface area contributed by atoms with Gasteiger partial charge in [-0.1, -0.05) is 36.8 Å². The molecule has 0 aromatic heterocycles. The van der Waals surface area contributed by atoms with Crippen molar-refractivity contribution in [3.63, 3.8) is 0 Å². The fourth-order valence-corrected chi connectivity index (χ4v) is 5.73. The van der Waals surface area contributed by atoms with Gasteiger partial charge in [-0.05, 0) is 59.2 Å². The molecule has 1 unspecified atom stereocenters. The molecule has 4 nitrogen and oxygen atoms in total. The van der Waals surface area contributed by atoms with Crippen molar-refractivity contribution in [3.05, 3.63) is 35.9 Å². The van der Waals surface area contributed by atoms with E-state index in [4.69, 9.17) is 9.05 Å². The minimum atomic E-state index is -3.31. The Kier molecular flexibility index (Phi) is 6.84.